The molecule has 0 saturated heterocycles. The summed E-state index contributed by atoms with van der Waals surface area (Å²) in [5, 5.41) is 4.61. The van der Waals surface area contributed by atoms with Gasteiger partial charge in [0.1, 0.15) is 11.2 Å². The number of aryl methyl sites for hydroxylation is 3. The Kier molecular flexibility index (Phi) is 5.13. The fraction of sp³-hybridized carbons (Fsp3) is 0.174. The van der Waals surface area contributed by atoms with E-state index in [1.54, 1.807) is 17.5 Å². The zero-order chi connectivity index (χ0) is 21.4. The Labute approximate surface area is 177 Å². The summed E-state index contributed by atoms with van der Waals surface area (Å²) in [6.07, 6.45) is 0. The lowest BCUT2D eigenvalue weighted by Gasteiger charge is -2.14. The van der Waals surface area contributed by atoms with Gasteiger partial charge in [0.2, 0.25) is 5.91 Å². The van der Waals surface area contributed by atoms with Crippen LogP contribution in [0.2, 0.25) is 0 Å². The predicted octanol–water partition coefficient (Wildman–Crippen LogP) is 3.78. The maximum Gasteiger partial charge on any atom is 0.336 e. The van der Waals surface area contributed by atoms with Crippen LogP contribution in [0.15, 0.2) is 63.5 Å². The topological polar surface area (TPSA) is 73.1 Å². The zero-order valence-corrected chi connectivity index (χ0v) is 17.7. The number of aromatic nitrogens is 2. The van der Waals surface area contributed by atoms with E-state index in [0.29, 0.717) is 21.6 Å². The molecule has 4 rings (SSSR count). The number of thiophene rings is 1. The van der Waals surface area contributed by atoms with Crippen LogP contribution in [0.4, 0.5) is 5.69 Å². The van der Waals surface area contributed by atoms with E-state index >= 15 is 0 Å². The van der Waals surface area contributed by atoms with Crippen LogP contribution >= 0.6 is 11.3 Å². The van der Waals surface area contributed by atoms with Gasteiger partial charge in [0.05, 0.1) is 11.2 Å². The second-order valence-corrected chi connectivity index (χ2v) is 8.19. The van der Waals surface area contributed by atoms with E-state index in [0.717, 1.165) is 21.3 Å². The Morgan fingerprint density at radius 2 is 1.73 bits per heavy atom. The van der Waals surface area contributed by atoms with Crippen molar-refractivity contribution in [1.82, 2.24) is 9.13 Å². The lowest BCUT2D eigenvalue weighted by atomic mass is 10.1. The van der Waals surface area contributed by atoms with Gasteiger partial charge in [-0.3, -0.25) is 14.2 Å². The fourth-order valence-electron chi connectivity index (χ4n) is 3.38. The molecule has 6 nitrogen and oxygen atoms in total. The summed E-state index contributed by atoms with van der Waals surface area (Å²) >= 11 is 1.26. The second kappa shape index (κ2) is 7.76. The van der Waals surface area contributed by atoms with Gasteiger partial charge < -0.3 is 5.32 Å². The molecule has 0 aliphatic rings. The van der Waals surface area contributed by atoms with Gasteiger partial charge >= 0.3 is 5.69 Å². The van der Waals surface area contributed by atoms with Crippen molar-refractivity contribution in [3.63, 3.8) is 0 Å². The Bertz CT molecular complexity index is 1400. The number of carbonyl (C=O) groups excluding carboxylic acids is 1. The van der Waals surface area contributed by atoms with Gasteiger partial charge in [-0.25, -0.2) is 9.36 Å². The number of nitrogens with one attached hydrogen (secondary N) is 1. The molecule has 0 spiro atoms. The number of para-hydroxylation sites is 1. The fourth-order valence-corrected chi connectivity index (χ4v) is 4.20. The van der Waals surface area contributed by atoms with Gasteiger partial charge in [-0.05, 0) is 67.1 Å². The van der Waals surface area contributed by atoms with Gasteiger partial charge in [-0.15, -0.1) is 11.3 Å². The first kappa shape index (κ1) is 19.8. The smallest absolute Gasteiger partial charge is 0.324 e. The van der Waals surface area contributed by atoms with E-state index < -0.39 is 5.69 Å². The molecular weight excluding hydrogens is 398 g/mol. The highest BCUT2D eigenvalue weighted by Crippen LogP contribution is 2.18. The first-order chi connectivity index (χ1) is 14.4. The highest BCUT2D eigenvalue weighted by Gasteiger charge is 2.18. The number of rotatable bonds is 4. The minimum atomic E-state index is -0.533. The van der Waals surface area contributed by atoms with Crippen molar-refractivity contribution < 1.29 is 4.79 Å². The van der Waals surface area contributed by atoms with Crippen LogP contribution in [-0.2, 0) is 11.3 Å². The normalized spacial score (nSPS) is 11.0. The Morgan fingerprint density at radius 3 is 2.47 bits per heavy atom. The summed E-state index contributed by atoms with van der Waals surface area (Å²) in [5.74, 6) is -0.329. The van der Waals surface area contributed by atoms with E-state index in [9.17, 15) is 14.4 Å². The van der Waals surface area contributed by atoms with E-state index in [-0.39, 0.29) is 18.0 Å². The Balaban J connectivity index is 1.82. The largest absolute Gasteiger partial charge is 0.336 e. The molecule has 1 N–H and O–H groups in total. The van der Waals surface area contributed by atoms with Crippen LogP contribution < -0.4 is 16.6 Å². The highest BCUT2D eigenvalue weighted by molar-refractivity contribution is 7.17. The summed E-state index contributed by atoms with van der Waals surface area (Å²) in [5.41, 5.74) is 3.74. The summed E-state index contributed by atoms with van der Waals surface area (Å²) in [7, 11) is 0. The molecule has 0 saturated carbocycles. The van der Waals surface area contributed by atoms with Crippen LogP contribution in [0, 0.1) is 20.8 Å². The second-order valence-electron chi connectivity index (χ2n) is 7.28. The molecule has 0 radical (unpaired) electrons. The third kappa shape index (κ3) is 3.48. The summed E-state index contributed by atoms with van der Waals surface area (Å²) in [6.45, 7) is 5.62. The van der Waals surface area contributed by atoms with Crippen LogP contribution in [0.3, 0.4) is 0 Å². The van der Waals surface area contributed by atoms with Crippen molar-refractivity contribution in [2.45, 2.75) is 27.3 Å². The van der Waals surface area contributed by atoms with Gasteiger partial charge in [-0.1, -0.05) is 24.3 Å². The molecule has 0 bridgehead atoms. The number of fused-ring (bicyclic) bond motifs is 1. The molecule has 2 aromatic heterocycles. The molecule has 0 unspecified atom stereocenters. The van der Waals surface area contributed by atoms with Crippen molar-refractivity contribution in [3.05, 3.63) is 91.4 Å². The molecule has 0 atom stereocenters. The number of hydrogen-bond donors (Lipinski definition) is 1. The Morgan fingerprint density at radius 1 is 0.967 bits per heavy atom. The average molecular weight is 420 g/mol. The number of hydrogen-bond acceptors (Lipinski definition) is 4. The quantitative estimate of drug-likeness (QED) is 0.547. The van der Waals surface area contributed by atoms with Crippen molar-refractivity contribution in [1.29, 1.82) is 0 Å². The monoisotopic (exact) mass is 419 g/mol. The van der Waals surface area contributed by atoms with Crippen molar-refractivity contribution in [2.24, 2.45) is 0 Å². The number of anilines is 1. The van der Waals surface area contributed by atoms with Gasteiger partial charge in [0, 0.05) is 5.69 Å². The molecule has 30 heavy (non-hydrogen) atoms. The zero-order valence-electron chi connectivity index (χ0n) is 16.9. The highest BCUT2D eigenvalue weighted by atomic mass is 32.1. The predicted molar refractivity (Wildman–Crippen MR) is 121 cm³/mol. The van der Waals surface area contributed by atoms with E-state index in [1.807, 2.05) is 57.2 Å². The number of amides is 1. The molecule has 0 fully saturated rings. The minimum Gasteiger partial charge on any atom is -0.324 e. The molecule has 1 amide bonds. The minimum absolute atomic E-state index is 0.189. The van der Waals surface area contributed by atoms with E-state index in [2.05, 4.69) is 5.32 Å². The Hall–Kier alpha value is -3.45. The molecule has 0 aliphatic carbocycles. The summed E-state index contributed by atoms with van der Waals surface area (Å²) in [4.78, 5) is 39.1. The summed E-state index contributed by atoms with van der Waals surface area (Å²) < 4.78 is 2.94. The van der Waals surface area contributed by atoms with E-state index in [1.165, 1.54) is 15.9 Å². The molecular formula is C23H21N3O3S. The number of benzene rings is 2. The molecule has 7 heteroatoms. The third-order valence-electron chi connectivity index (χ3n) is 5.22. The maximum atomic E-state index is 13.3. The van der Waals surface area contributed by atoms with Crippen LogP contribution in [0.25, 0.3) is 15.9 Å². The SMILES string of the molecule is Cc1ccc(-n2c(=O)c3sccc3n(CC(=O)Nc3ccccc3C)c2=O)cc1C. The molecule has 0 aliphatic heterocycles. The first-order valence-electron chi connectivity index (χ1n) is 9.53. The molecule has 152 valence electrons. The lowest BCUT2D eigenvalue weighted by molar-refractivity contribution is -0.116. The van der Waals surface area contributed by atoms with E-state index in [4.69, 9.17) is 0 Å². The summed E-state index contributed by atoms with van der Waals surface area (Å²) in [6, 6.07) is 14.6. The van der Waals surface area contributed by atoms with Crippen LogP contribution in [0.1, 0.15) is 16.7 Å². The van der Waals surface area contributed by atoms with Crippen molar-refractivity contribution >= 4 is 33.1 Å². The van der Waals surface area contributed by atoms with Crippen molar-refractivity contribution in [3.8, 4) is 5.69 Å². The third-order valence-corrected chi connectivity index (χ3v) is 6.12. The van der Waals surface area contributed by atoms with Gasteiger partial charge in [0.25, 0.3) is 5.56 Å². The van der Waals surface area contributed by atoms with Crippen molar-refractivity contribution in [2.75, 3.05) is 5.32 Å². The molecule has 2 aromatic carbocycles. The average Bonchev–Trinajstić information content (AvgIpc) is 3.20. The number of carbonyl (C=O) groups is 1. The van der Waals surface area contributed by atoms with Gasteiger partial charge in [0.15, 0.2) is 0 Å². The van der Waals surface area contributed by atoms with Crippen LogP contribution in [0.5, 0.6) is 0 Å². The van der Waals surface area contributed by atoms with Crippen LogP contribution in [-0.4, -0.2) is 15.0 Å². The maximum absolute atomic E-state index is 13.3. The molecule has 2 heterocycles. The lowest BCUT2D eigenvalue weighted by Crippen LogP contribution is -2.40. The first-order valence-corrected chi connectivity index (χ1v) is 10.4. The number of nitrogens with zero attached hydrogens (tertiary/aromatic N) is 2. The van der Waals surface area contributed by atoms with Gasteiger partial charge in [-0.2, -0.15) is 0 Å². The standard InChI is InChI=1S/C23H21N3O3S/c1-14-8-9-17(12-16(14)3)26-22(28)21-19(10-11-30-21)25(23(26)29)13-20(27)24-18-7-5-4-6-15(18)2/h4-12H,13H2,1-3H3,(H,24,27). The molecule has 4 aromatic rings.